The van der Waals surface area contributed by atoms with Crippen LogP contribution in [0.3, 0.4) is 0 Å². The lowest BCUT2D eigenvalue weighted by atomic mass is 10.0. The minimum Gasteiger partial charge on any atom is -0.390 e. The summed E-state index contributed by atoms with van der Waals surface area (Å²) in [4.78, 5) is 0. The molecule has 0 bridgehead atoms. The Kier molecular flexibility index (Phi) is 9.42. The number of unbranched alkanes of at least 4 members (excludes halogenated alkanes) is 4. The molecule has 14 heavy (non-hydrogen) atoms. The lowest BCUT2D eigenvalue weighted by molar-refractivity contribution is 0.00739. The van der Waals surface area contributed by atoms with Crippen LogP contribution in [0, 0.1) is 0 Å². The molecule has 0 aromatic rings. The van der Waals surface area contributed by atoms with Gasteiger partial charge in [-0.3, -0.25) is 0 Å². The molecular weight excluding hydrogens is 176 g/mol. The zero-order valence-electron chi connectivity index (χ0n) is 9.71. The maximum Gasteiger partial charge on any atom is 0.0799 e. The fourth-order valence-electron chi connectivity index (χ4n) is 1.58. The van der Waals surface area contributed by atoms with E-state index in [4.69, 9.17) is 0 Å². The van der Waals surface area contributed by atoms with Crippen LogP contribution in [0.5, 0.6) is 0 Å². The highest BCUT2D eigenvalue weighted by Gasteiger charge is 2.14. The summed E-state index contributed by atoms with van der Waals surface area (Å²) < 4.78 is 0. The molecule has 0 saturated heterocycles. The minimum absolute atomic E-state index is 0.501. The molecule has 0 aliphatic rings. The first kappa shape index (κ1) is 13.9. The predicted molar refractivity (Wildman–Crippen MR) is 60.3 cm³/mol. The molecule has 0 unspecified atom stereocenters. The predicted octanol–water partition coefficient (Wildman–Crippen LogP) is 2.87. The van der Waals surface area contributed by atoms with Crippen LogP contribution in [0.25, 0.3) is 0 Å². The third-order valence-electron chi connectivity index (χ3n) is 2.65. The third kappa shape index (κ3) is 7.34. The highest BCUT2D eigenvalue weighted by molar-refractivity contribution is 4.66. The van der Waals surface area contributed by atoms with Gasteiger partial charge < -0.3 is 10.2 Å². The van der Waals surface area contributed by atoms with E-state index in [2.05, 4.69) is 13.8 Å². The zero-order valence-corrected chi connectivity index (χ0v) is 9.71. The van der Waals surface area contributed by atoms with Gasteiger partial charge in [0.15, 0.2) is 0 Å². The van der Waals surface area contributed by atoms with Crippen molar-refractivity contribution in [2.75, 3.05) is 0 Å². The van der Waals surface area contributed by atoms with E-state index in [1.165, 1.54) is 19.3 Å². The topological polar surface area (TPSA) is 40.5 Å². The van der Waals surface area contributed by atoms with E-state index in [1.54, 1.807) is 0 Å². The van der Waals surface area contributed by atoms with Gasteiger partial charge in [0.05, 0.1) is 12.2 Å². The Morgan fingerprint density at radius 2 is 1.21 bits per heavy atom. The smallest absolute Gasteiger partial charge is 0.0799 e. The number of rotatable bonds is 9. The molecule has 0 aromatic heterocycles. The first-order valence-electron chi connectivity index (χ1n) is 6.08. The average molecular weight is 202 g/mol. The molecule has 86 valence electrons. The number of aliphatic hydroxyl groups is 2. The quantitative estimate of drug-likeness (QED) is 0.564. The van der Waals surface area contributed by atoms with Crippen LogP contribution in [0.2, 0.25) is 0 Å². The monoisotopic (exact) mass is 202 g/mol. The second-order valence-electron chi connectivity index (χ2n) is 4.13. The van der Waals surface area contributed by atoms with Gasteiger partial charge in [0.1, 0.15) is 0 Å². The summed E-state index contributed by atoms with van der Waals surface area (Å²) in [5.41, 5.74) is 0. The van der Waals surface area contributed by atoms with Crippen molar-refractivity contribution >= 4 is 0 Å². The first-order valence-corrected chi connectivity index (χ1v) is 6.08. The molecule has 2 atom stereocenters. The Hall–Kier alpha value is -0.0800. The number of hydrogen-bond acceptors (Lipinski definition) is 2. The van der Waals surface area contributed by atoms with Gasteiger partial charge in [0, 0.05) is 0 Å². The van der Waals surface area contributed by atoms with Crippen LogP contribution in [-0.4, -0.2) is 22.4 Å². The summed E-state index contributed by atoms with van der Waals surface area (Å²) in [5, 5.41) is 19.1. The lowest BCUT2D eigenvalue weighted by Crippen LogP contribution is -2.25. The molecule has 0 aliphatic carbocycles. The van der Waals surface area contributed by atoms with Gasteiger partial charge >= 0.3 is 0 Å². The first-order chi connectivity index (χ1) is 6.72. The van der Waals surface area contributed by atoms with Crippen molar-refractivity contribution in [2.45, 2.75) is 77.4 Å². The molecule has 0 aliphatic heterocycles. The normalized spacial score (nSPS) is 15.4. The molecular formula is C12H26O2. The molecule has 0 heterocycles. The second-order valence-corrected chi connectivity index (χ2v) is 4.13. The van der Waals surface area contributed by atoms with Crippen LogP contribution in [0.4, 0.5) is 0 Å². The standard InChI is InChI=1S/C12H26O2/c1-3-5-7-8-10-12(14)11(13)9-6-4-2/h11-14H,3-10H2,1-2H3/t11-,12-/m1/s1. The SMILES string of the molecule is CCCCCC[C@@H](O)[C@H](O)CCCC. The van der Waals surface area contributed by atoms with Gasteiger partial charge in [-0.2, -0.15) is 0 Å². The maximum atomic E-state index is 9.59. The second kappa shape index (κ2) is 9.47. The van der Waals surface area contributed by atoms with E-state index < -0.39 is 12.2 Å². The van der Waals surface area contributed by atoms with Crippen molar-refractivity contribution < 1.29 is 10.2 Å². The van der Waals surface area contributed by atoms with Crippen LogP contribution >= 0.6 is 0 Å². The molecule has 0 aromatic carbocycles. The molecule has 0 radical (unpaired) electrons. The highest BCUT2D eigenvalue weighted by Crippen LogP contribution is 2.12. The van der Waals surface area contributed by atoms with E-state index in [9.17, 15) is 10.2 Å². The Morgan fingerprint density at radius 3 is 1.71 bits per heavy atom. The summed E-state index contributed by atoms with van der Waals surface area (Å²) in [6.45, 7) is 4.27. The third-order valence-corrected chi connectivity index (χ3v) is 2.65. The lowest BCUT2D eigenvalue weighted by Gasteiger charge is -2.17. The van der Waals surface area contributed by atoms with E-state index in [0.717, 1.165) is 32.1 Å². The van der Waals surface area contributed by atoms with Gasteiger partial charge in [-0.1, -0.05) is 52.4 Å². The highest BCUT2D eigenvalue weighted by atomic mass is 16.3. The Bertz CT molecular complexity index is 115. The number of aliphatic hydroxyl groups excluding tert-OH is 2. The minimum atomic E-state index is -0.503. The van der Waals surface area contributed by atoms with E-state index in [-0.39, 0.29) is 0 Å². The summed E-state index contributed by atoms with van der Waals surface area (Å²) in [6, 6.07) is 0. The summed E-state index contributed by atoms with van der Waals surface area (Å²) in [7, 11) is 0. The van der Waals surface area contributed by atoms with Crippen molar-refractivity contribution in [3.8, 4) is 0 Å². The van der Waals surface area contributed by atoms with Gasteiger partial charge in [-0.15, -0.1) is 0 Å². The molecule has 2 N–H and O–H groups in total. The molecule has 0 amide bonds. The number of hydrogen-bond donors (Lipinski definition) is 2. The van der Waals surface area contributed by atoms with Crippen LogP contribution in [0.15, 0.2) is 0 Å². The fourth-order valence-corrected chi connectivity index (χ4v) is 1.58. The largest absolute Gasteiger partial charge is 0.390 e. The van der Waals surface area contributed by atoms with Crippen LogP contribution < -0.4 is 0 Å². The van der Waals surface area contributed by atoms with Crippen LogP contribution in [-0.2, 0) is 0 Å². The zero-order chi connectivity index (χ0) is 10.8. The molecule has 0 fully saturated rings. The Labute approximate surface area is 88.3 Å². The Morgan fingerprint density at radius 1 is 0.714 bits per heavy atom. The summed E-state index contributed by atoms with van der Waals surface area (Å²) >= 11 is 0. The van der Waals surface area contributed by atoms with Crippen molar-refractivity contribution in [2.24, 2.45) is 0 Å². The maximum absolute atomic E-state index is 9.59. The summed E-state index contributed by atoms with van der Waals surface area (Å²) in [5.74, 6) is 0. The van der Waals surface area contributed by atoms with Crippen molar-refractivity contribution in [3.05, 3.63) is 0 Å². The van der Waals surface area contributed by atoms with Gasteiger partial charge in [-0.05, 0) is 12.8 Å². The van der Waals surface area contributed by atoms with E-state index >= 15 is 0 Å². The average Bonchev–Trinajstić information content (AvgIpc) is 2.20. The van der Waals surface area contributed by atoms with Gasteiger partial charge in [-0.25, -0.2) is 0 Å². The fraction of sp³-hybridized carbons (Fsp3) is 1.00. The van der Waals surface area contributed by atoms with Gasteiger partial charge in [0.25, 0.3) is 0 Å². The molecule has 0 spiro atoms. The van der Waals surface area contributed by atoms with Crippen molar-refractivity contribution in [1.82, 2.24) is 0 Å². The van der Waals surface area contributed by atoms with Crippen molar-refractivity contribution in [3.63, 3.8) is 0 Å². The summed E-state index contributed by atoms with van der Waals surface area (Å²) in [6.07, 6.45) is 7.25. The molecule has 2 nitrogen and oxygen atoms in total. The van der Waals surface area contributed by atoms with Gasteiger partial charge in [0.2, 0.25) is 0 Å². The van der Waals surface area contributed by atoms with Crippen molar-refractivity contribution in [1.29, 1.82) is 0 Å². The van der Waals surface area contributed by atoms with E-state index in [1.807, 2.05) is 0 Å². The Balaban J connectivity index is 3.36. The molecule has 2 heteroatoms. The van der Waals surface area contributed by atoms with Crippen LogP contribution in [0.1, 0.15) is 65.2 Å². The molecule has 0 rings (SSSR count). The van der Waals surface area contributed by atoms with E-state index in [0.29, 0.717) is 0 Å². The molecule has 0 saturated carbocycles.